The predicted molar refractivity (Wildman–Crippen MR) is 76.7 cm³/mol. The maximum Gasteiger partial charge on any atom is 0.292 e. The van der Waals surface area contributed by atoms with Gasteiger partial charge in [0, 0.05) is 19.7 Å². The molecule has 0 bridgehead atoms. The largest absolute Gasteiger partial charge is 0.369 e. The summed E-state index contributed by atoms with van der Waals surface area (Å²) in [6.07, 6.45) is 2.38. The zero-order chi connectivity index (χ0) is 13.8. The third kappa shape index (κ3) is 3.44. The van der Waals surface area contributed by atoms with Gasteiger partial charge in [-0.15, -0.1) is 0 Å². The van der Waals surface area contributed by atoms with Crippen molar-refractivity contribution in [3.05, 3.63) is 33.9 Å². The molecule has 1 N–H and O–H groups in total. The van der Waals surface area contributed by atoms with Crippen LogP contribution in [-0.4, -0.2) is 31.6 Å². The summed E-state index contributed by atoms with van der Waals surface area (Å²) in [6, 6.07) is 5.42. The molecule has 1 aromatic carbocycles. The fourth-order valence-electron chi connectivity index (χ4n) is 2.67. The standard InChI is InChI=1S/C14H21N3O2/c1-11-5-6-13(14(8-11)17(18)19)16(2)10-12-4-3-7-15-9-12/h5-6,8,12,15H,3-4,7,9-10H2,1-2H3. The van der Waals surface area contributed by atoms with Crippen LogP contribution in [0.1, 0.15) is 18.4 Å². The molecular formula is C14H21N3O2. The first-order valence-corrected chi connectivity index (χ1v) is 6.75. The zero-order valence-corrected chi connectivity index (χ0v) is 11.6. The van der Waals surface area contributed by atoms with Crippen molar-refractivity contribution >= 4 is 11.4 Å². The number of aryl methyl sites for hydroxylation is 1. The van der Waals surface area contributed by atoms with Crippen LogP contribution in [0.25, 0.3) is 0 Å². The number of hydrogen-bond donors (Lipinski definition) is 1. The number of nitrogens with zero attached hydrogens (tertiary/aromatic N) is 2. The average Bonchev–Trinajstić information content (AvgIpc) is 2.39. The molecule has 0 aromatic heterocycles. The van der Waals surface area contributed by atoms with Crippen LogP contribution >= 0.6 is 0 Å². The Bertz CT molecular complexity index is 456. The van der Waals surface area contributed by atoms with Crippen molar-refractivity contribution in [1.82, 2.24) is 5.32 Å². The minimum Gasteiger partial charge on any atom is -0.369 e. The van der Waals surface area contributed by atoms with Crippen LogP contribution in [0.4, 0.5) is 11.4 Å². The summed E-state index contributed by atoms with van der Waals surface area (Å²) in [5, 5.41) is 14.5. The van der Waals surface area contributed by atoms with Crippen molar-refractivity contribution in [2.75, 3.05) is 31.6 Å². The van der Waals surface area contributed by atoms with Crippen LogP contribution in [0.2, 0.25) is 0 Å². The molecule has 5 heteroatoms. The van der Waals surface area contributed by atoms with Gasteiger partial charge in [0.2, 0.25) is 0 Å². The molecule has 1 unspecified atom stereocenters. The Morgan fingerprint density at radius 1 is 1.53 bits per heavy atom. The van der Waals surface area contributed by atoms with E-state index < -0.39 is 0 Å². The highest BCUT2D eigenvalue weighted by molar-refractivity contribution is 5.63. The molecule has 1 fully saturated rings. The molecule has 1 saturated heterocycles. The Balaban J connectivity index is 2.13. The summed E-state index contributed by atoms with van der Waals surface area (Å²) in [5.41, 5.74) is 1.83. The monoisotopic (exact) mass is 263 g/mol. The maximum absolute atomic E-state index is 11.1. The first-order chi connectivity index (χ1) is 9.08. The molecular weight excluding hydrogens is 242 g/mol. The fraction of sp³-hybridized carbons (Fsp3) is 0.571. The minimum absolute atomic E-state index is 0.200. The van der Waals surface area contributed by atoms with Gasteiger partial charge in [-0.05, 0) is 50.4 Å². The molecule has 0 amide bonds. The Morgan fingerprint density at radius 3 is 2.95 bits per heavy atom. The molecule has 0 aliphatic carbocycles. The lowest BCUT2D eigenvalue weighted by atomic mass is 9.99. The second-order valence-corrected chi connectivity index (χ2v) is 5.34. The van der Waals surface area contributed by atoms with Crippen LogP contribution in [-0.2, 0) is 0 Å². The number of rotatable bonds is 4. The molecule has 0 radical (unpaired) electrons. The van der Waals surface area contributed by atoms with Crippen LogP contribution in [0.3, 0.4) is 0 Å². The predicted octanol–water partition coefficient (Wildman–Crippen LogP) is 2.34. The molecule has 1 aliphatic heterocycles. The van der Waals surface area contributed by atoms with Gasteiger partial charge in [-0.3, -0.25) is 10.1 Å². The van der Waals surface area contributed by atoms with Crippen molar-refractivity contribution < 1.29 is 4.92 Å². The molecule has 104 valence electrons. The normalized spacial score (nSPS) is 19.2. The molecule has 0 saturated carbocycles. The lowest BCUT2D eigenvalue weighted by Crippen LogP contribution is -2.37. The average molecular weight is 263 g/mol. The number of nitro groups is 1. The van der Waals surface area contributed by atoms with E-state index in [2.05, 4.69) is 5.32 Å². The summed E-state index contributed by atoms with van der Waals surface area (Å²) < 4.78 is 0. The number of piperidine rings is 1. The molecule has 1 aliphatic rings. The molecule has 19 heavy (non-hydrogen) atoms. The SMILES string of the molecule is Cc1ccc(N(C)CC2CCCNC2)c([N+](=O)[O-])c1. The smallest absolute Gasteiger partial charge is 0.292 e. The molecule has 1 atom stereocenters. The van der Waals surface area contributed by atoms with Gasteiger partial charge >= 0.3 is 0 Å². The van der Waals surface area contributed by atoms with Gasteiger partial charge in [-0.25, -0.2) is 0 Å². The van der Waals surface area contributed by atoms with E-state index in [9.17, 15) is 10.1 Å². The van der Waals surface area contributed by atoms with E-state index in [1.165, 1.54) is 12.8 Å². The minimum atomic E-state index is -0.294. The van der Waals surface area contributed by atoms with Gasteiger partial charge in [-0.2, -0.15) is 0 Å². The quantitative estimate of drug-likeness (QED) is 0.669. The summed E-state index contributed by atoms with van der Waals surface area (Å²) >= 11 is 0. The van der Waals surface area contributed by atoms with Crippen LogP contribution in [0.15, 0.2) is 18.2 Å². The van der Waals surface area contributed by atoms with Gasteiger partial charge in [0.05, 0.1) is 4.92 Å². The highest BCUT2D eigenvalue weighted by atomic mass is 16.6. The highest BCUT2D eigenvalue weighted by Gasteiger charge is 2.20. The Morgan fingerprint density at radius 2 is 2.32 bits per heavy atom. The fourth-order valence-corrected chi connectivity index (χ4v) is 2.67. The Kier molecular flexibility index (Phi) is 4.37. The zero-order valence-electron chi connectivity index (χ0n) is 11.6. The second kappa shape index (κ2) is 6.02. The van der Waals surface area contributed by atoms with Crippen molar-refractivity contribution in [3.63, 3.8) is 0 Å². The number of anilines is 1. The third-order valence-electron chi connectivity index (χ3n) is 3.67. The van der Waals surface area contributed by atoms with E-state index in [1.807, 2.05) is 31.0 Å². The van der Waals surface area contributed by atoms with Crippen molar-refractivity contribution in [1.29, 1.82) is 0 Å². The summed E-state index contributed by atoms with van der Waals surface area (Å²) in [5.74, 6) is 0.569. The van der Waals surface area contributed by atoms with E-state index in [1.54, 1.807) is 6.07 Å². The number of hydrogen-bond acceptors (Lipinski definition) is 4. The van der Waals surface area contributed by atoms with Gasteiger partial charge in [0.15, 0.2) is 0 Å². The van der Waals surface area contributed by atoms with Gasteiger partial charge < -0.3 is 10.2 Å². The summed E-state index contributed by atoms with van der Waals surface area (Å²) in [6.45, 7) is 4.83. The second-order valence-electron chi connectivity index (χ2n) is 5.34. The summed E-state index contributed by atoms with van der Waals surface area (Å²) in [7, 11) is 1.94. The molecule has 1 heterocycles. The lowest BCUT2D eigenvalue weighted by Gasteiger charge is -2.28. The van der Waals surface area contributed by atoms with Crippen molar-refractivity contribution in [2.45, 2.75) is 19.8 Å². The molecule has 2 rings (SSSR count). The van der Waals surface area contributed by atoms with Gasteiger partial charge in [-0.1, -0.05) is 6.07 Å². The van der Waals surface area contributed by atoms with E-state index in [-0.39, 0.29) is 10.6 Å². The maximum atomic E-state index is 11.1. The van der Waals surface area contributed by atoms with Crippen LogP contribution < -0.4 is 10.2 Å². The van der Waals surface area contributed by atoms with E-state index in [0.29, 0.717) is 11.6 Å². The number of nitrogens with one attached hydrogen (secondary N) is 1. The first kappa shape index (κ1) is 13.8. The van der Waals surface area contributed by atoms with E-state index in [4.69, 9.17) is 0 Å². The first-order valence-electron chi connectivity index (χ1n) is 6.75. The van der Waals surface area contributed by atoms with E-state index >= 15 is 0 Å². The Labute approximate surface area is 113 Å². The van der Waals surface area contributed by atoms with Crippen molar-refractivity contribution in [3.8, 4) is 0 Å². The van der Waals surface area contributed by atoms with Crippen LogP contribution in [0, 0.1) is 23.0 Å². The Hall–Kier alpha value is -1.62. The topological polar surface area (TPSA) is 58.4 Å². The number of benzene rings is 1. The molecule has 0 spiro atoms. The lowest BCUT2D eigenvalue weighted by molar-refractivity contribution is -0.384. The van der Waals surface area contributed by atoms with Gasteiger partial charge in [0.25, 0.3) is 5.69 Å². The van der Waals surface area contributed by atoms with Crippen LogP contribution in [0.5, 0.6) is 0 Å². The molecule has 5 nitrogen and oxygen atoms in total. The number of nitro benzene ring substituents is 1. The van der Waals surface area contributed by atoms with E-state index in [0.717, 1.165) is 25.2 Å². The molecule has 1 aromatic rings. The highest BCUT2D eigenvalue weighted by Crippen LogP contribution is 2.29. The summed E-state index contributed by atoms with van der Waals surface area (Å²) in [4.78, 5) is 12.9. The van der Waals surface area contributed by atoms with Gasteiger partial charge in [0.1, 0.15) is 5.69 Å². The third-order valence-corrected chi connectivity index (χ3v) is 3.67. The van der Waals surface area contributed by atoms with Crippen molar-refractivity contribution in [2.24, 2.45) is 5.92 Å².